The van der Waals surface area contributed by atoms with Crippen LogP contribution in [0.25, 0.3) is 22.3 Å². The number of aromatic nitrogens is 8. The van der Waals surface area contributed by atoms with Gasteiger partial charge in [-0.3, -0.25) is 47.0 Å². The van der Waals surface area contributed by atoms with Gasteiger partial charge in [0.1, 0.15) is 12.2 Å². The van der Waals surface area contributed by atoms with E-state index < -0.39 is 41.0 Å². The van der Waals surface area contributed by atoms with Crippen molar-refractivity contribution < 1.29 is 72.8 Å². The first-order valence-corrected chi connectivity index (χ1v) is 17.2. The smallest absolute Gasteiger partial charge is 0.855 e. The van der Waals surface area contributed by atoms with Gasteiger partial charge in [-0.25, -0.2) is 19.6 Å². The van der Waals surface area contributed by atoms with E-state index in [9.17, 15) is 38.4 Å². The summed E-state index contributed by atoms with van der Waals surface area (Å²) in [5, 5.41) is 8.93. The van der Waals surface area contributed by atoms with E-state index in [2.05, 4.69) is 35.4 Å². The van der Waals surface area contributed by atoms with Gasteiger partial charge in [-0.2, -0.15) is 0 Å². The van der Waals surface area contributed by atoms with Crippen molar-refractivity contribution in [2.75, 3.05) is 33.0 Å². The van der Waals surface area contributed by atoms with Crippen molar-refractivity contribution in [2.24, 2.45) is 42.3 Å². The van der Waals surface area contributed by atoms with Crippen LogP contribution in [-0.2, 0) is 80.4 Å². The number of rotatable bonds is 9. The molecule has 0 unspecified atom stereocenters. The Morgan fingerprint density at radius 1 is 0.600 bits per heavy atom. The molecule has 4 aromatic rings. The van der Waals surface area contributed by atoms with Crippen molar-refractivity contribution in [2.45, 2.75) is 47.0 Å². The number of aryl methyl sites for hydroxylation is 4. The molecule has 0 radical (unpaired) electrons. The molecule has 0 bridgehead atoms. The van der Waals surface area contributed by atoms with Crippen LogP contribution in [0, 0.1) is 0 Å². The van der Waals surface area contributed by atoms with Crippen molar-refractivity contribution in [1.29, 1.82) is 0 Å². The number of carbonyl (C=O) groups excluding carboxylic acids is 4. The molecule has 4 rings (SSSR count). The molecule has 4 aromatic heterocycles. The Balaban J connectivity index is 0.000000827. The summed E-state index contributed by atoms with van der Waals surface area (Å²) in [6.07, 6.45) is -0.290. The Morgan fingerprint density at radius 3 is 1.31 bits per heavy atom. The molecule has 21 nitrogen and oxygen atoms in total. The number of imidazole rings is 2. The molecule has 0 spiro atoms. The Kier molecular flexibility index (Phi) is 21.6. The molecule has 4 heterocycles. The molecule has 0 aliphatic carbocycles. The van der Waals surface area contributed by atoms with Gasteiger partial charge in [0, 0.05) is 42.3 Å². The molecule has 0 aromatic carbocycles. The molecule has 0 fully saturated rings. The Morgan fingerprint density at radius 2 is 0.945 bits per heavy atom. The molecular weight excluding hydrogens is 807 g/mol. The molecule has 0 aliphatic rings. The number of esters is 4. The second-order valence-corrected chi connectivity index (χ2v) is 11.4. The SMILES string of the molecule is CCOC(=O)C(C(=O)OCC)c1nc2c(c(=O)n(C)c(=O)n2C)n1C.CCOC(=O)CC(=O)OCC.CC[O-].Cn1c(=O)c2c(nc(Br)n2C)n(C)c1=O.[Na+]. The Labute approximate surface area is 345 Å². The van der Waals surface area contributed by atoms with Gasteiger partial charge in [0.15, 0.2) is 27.1 Å². The van der Waals surface area contributed by atoms with Gasteiger partial charge in [-0.1, -0.05) is 6.92 Å². The fourth-order valence-corrected chi connectivity index (χ4v) is 4.93. The van der Waals surface area contributed by atoms with Gasteiger partial charge in [-0.05, 0) is 43.6 Å². The van der Waals surface area contributed by atoms with Gasteiger partial charge in [0.25, 0.3) is 11.1 Å². The normalized spacial score (nSPS) is 10.2. The maximum atomic E-state index is 12.4. The van der Waals surface area contributed by atoms with E-state index >= 15 is 0 Å². The van der Waals surface area contributed by atoms with Crippen LogP contribution in [0.3, 0.4) is 0 Å². The maximum Gasteiger partial charge on any atom is 1.00 e. The standard InChI is InChI=1S/C15H20N4O6.C8H9BrN4O2.C7H12O4.C2H5O.Na/c1-6-24-13(21)8(14(22)25-7-2)10-16-11-9(17(10)3)12(20)19(5)15(23)18(11)4;1-11-4-5(10-7(11)9)12(2)8(15)13(3)6(4)14;1-3-10-6(8)5-7(9)11-4-2;1-2-3;/h8H,6-7H2,1-5H3;1-3H3;3-5H2,1-2H3;2H2,1H3;/q;;;-1;+1. The van der Waals surface area contributed by atoms with Gasteiger partial charge in [-0.15, -0.1) is 6.61 Å². The van der Waals surface area contributed by atoms with Crippen molar-refractivity contribution >= 4 is 62.1 Å². The molecule has 23 heteroatoms. The molecule has 0 amide bonds. The minimum absolute atomic E-state index is 0. The zero-order valence-corrected chi connectivity index (χ0v) is 36.7. The zero-order chi connectivity index (χ0) is 41.6. The molecule has 300 valence electrons. The zero-order valence-electron chi connectivity index (χ0n) is 33.1. The van der Waals surface area contributed by atoms with Crippen LogP contribution in [0.15, 0.2) is 23.9 Å². The van der Waals surface area contributed by atoms with Gasteiger partial charge < -0.3 is 33.2 Å². The predicted molar refractivity (Wildman–Crippen MR) is 195 cm³/mol. The minimum atomic E-state index is -1.45. The number of nitrogens with zero attached hydrogens (tertiary/aromatic N) is 8. The number of carbonyl (C=O) groups is 4. The number of hydrogen-bond donors (Lipinski definition) is 0. The van der Waals surface area contributed by atoms with E-state index in [1.807, 2.05) is 0 Å². The van der Waals surface area contributed by atoms with E-state index in [4.69, 9.17) is 14.6 Å². The summed E-state index contributed by atoms with van der Waals surface area (Å²) in [6, 6.07) is 0. The monoisotopic (exact) mass is 852 g/mol. The summed E-state index contributed by atoms with van der Waals surface area (Å²) in [4.78, 5) is 102. The van der Waals surface area contributed by atoms with Crippen molar-refractivity contribution in [3.63, 3.8) is 0 Å². The third kappa shape index (κ3) is 12.3. The van der Waals surface area contributed by atoms with Crippen molar-refractivity contribution in [3.05, 3.63) is 52.2 Å². The number of fused-ring (bicyclic) bond motifs is 2. The number of hydrogen-bond acceptors (Lipinski definition) is 15. The Bertz CT molecular complexity index is 2180. The van der Waals surface area contributed by atoms with Crippen molar-refractivity contribution in [1.82, 2.24) is 37.4 Å². The molecule has 0 saturated carbocycles. The van der Waals surface area contributed by atoms with Gasteiger partial charge in [0.2, 0.25) is 5.92 Å². The second kappa shape index (κ2) is 23.5. The van der Waals surface area contributed by atoms with E-state index in [1.54, 1.807) is 53.3 Å². The first kappa shape index (κ1) is 50.6. The molecule has 0 atom stereocenters. The van der Waals surface area contributed by atoms with Crippen molar-refractivity contribution in [3.8, 4) is 0 Å². The number of halogens is 1. The van der Waals surface area contributed by atoms with Crippen LogP contribution in [0.5, 0.6) is 0 Å². The first-order valence-electron chi connectivity index (χ1n) is 16.5. The summed E-state index contributed by atoms with van der Waals surface area (Å²) >= 11 is 3.21. The van der Waals surface area contributed by atoms with Crippen LogP contribution in [0.2, 0.25) is 0 Å². The summed E-state index contributed by atoms with van der Waals surface area (Å²) in [7, 11) is 9.03. The number of ether oxygens (including phenoxy) is 4. The summed E-state index contributed by atoms with van der Waals surface area (Å²) in [5.41, 5.74) is -0.893. The second-order valence-electron chi connectivity index (χ2n) is 10.7. The van der Waals surface area contributed by atoms with Gasteiger partial charge >= 0.3 is 64.8 Å². The van der Waals surface area contributed by atoms with Crippen LogP contribution in [-0.4, -0.2) is 94.3 Å². The molecular formula is C32H46BrN8NaO13. The molecule has 0 N–H and O–H groups in total. The van der Waals surface area contributed by atoms with Crippen LogP contribution in [0.4, 0.5) is 0 Å². The topological polar surface area (TPSA) is 252 Å². The molecule has 0 saturated heterocycles. The average Bonchev–Trinajstić information content (AvgIpc) is 3.61. The van der Waals surface area contributed by atoms with Gasteiger partial charge in [0.05, 0.1) is 26.4 Å². The molecule has 55 heavy (non-hydrogen) atoms. The molecule has 0 aliphatic heterocycles. The summed E-state index contributed by atoms with van der Waals surface area (Å²) in [5.74, 6) is -4.21. The summed E-state index contributed by atoms with van der Waals surface area (Å²) < 4.78 is 26.9. The fourth-order valence-electron chi connectivity index (χ4n) is 4.59. The summed E-state index contributed by atoms with van der Waals surface area (Å²) in [6.45, 7) is 8.86. The van der Waals surface area contributed by atoms with E-state index in [0.717, 1.165) is 9.13 Å². The predicted octanol–water partition coefficient (Wildman–Crippen LogP) is -4.21. The average molecular weight is 854 g/mol. The third-order valence-electron chi connectivity index (χ3n) is 7.13. The first-order chi connectivity index (χ1) is 25.3. The minimum Gasteiger partial charge on any atom is -0.855 e. The fraction of sp³-hybridized carbons (Fsp3) is 0.562. The van der Waals surface area contributed by atoms with Crippen LogP contribution < -0.4 is 57.2 Å². The Hall–Kier alpha value is -4.38. The quantitative estimate of drug-likeness (QED) is 0.0509. The van der Waals surface area contributed by atoms with E-state index in [1.165, 1.54) is 41.9 Å². The van der Waals surface area contributed by atoms with E-state index in [-0.39, 0.29) is 97.2 Å². The third-order valence-corrected chi connectivity index (χ3v) is 7.84. The maximum absolute atomic E-state index is 12.4. The van der Waals surface area contributed by atoms with E-state index in [0.29, 0.717) is 15.9 Å². The van der Waals surface area contributed by atoms with Crippen LogP contribution >= 0.6 is 15.9 Å². The largest absolute Gasteiger partial charge is 1.00 e. The van der Waals surface area contributed by atoms with Crippen LogP contribution in [0.1, 0.15) is 52.8 Å².